The van der Waals surface area contributed by atoms with Crippen LogP contribution in [0.25, 0.3) is 0 Å². The van der Waals surface area contributed by atoms with Crippen molar-refractivity contribution in [2.75, 3.05) is 18.0 Å². The van der Waals surface area contributed by atoms with Crippen LogP contribution in [0.2, 0.25) is 0 Å². The summed E-state index contributed by atoms with van der Waals surface area (Å²) >= 11 is 0. The Hall–Kier alpha value is -2.02. The predicted octanol–water partition coefficient (Wildman–Crippen LogP) is 3.22. The van der Waals surface area contributed by atoms with Gasteiger partial charge >= 0.3 is 0 Å². The number of nitriles is 1. The monoisotopic (exact) mass is 311 g/mol. The third-order valence-electron chi connectivity index (χ3n) is 5.18. The van der Waals surface area contributed by atoms with Gasteiger partial charge in [-0.3, -0.25) is 4.79 Å². The molecule has 1 amide bonds. The van der Waals surface area contributed by atoms with E-state index in [1.54, 1.807) is 0 Å². The van der Waals surface area contributed by atoms with Gasteiger partial charge in [-0.15, -0.1) is 0 Å². The highest BCUT2D eigenvalue weighted by molar-refractivity contribution is 5.79. The van der Waals surface area contributed by atoms with Crippen LogP contribution in [0.4, 0.5) is 5.69 Å². The molecule has 1 aromatic carbocycles. The van der Waals surface area contributed by atoms with Crippen LogP contribution in [0.15, 0.2) is 24.3 Å². The molecule has 0 aromatic heterocycles. The van der Waals surface area contributed by atoms with Gasteiger partial charge in [0, 0.05) is 30.7 Å². The number of benzene rings is 1. The maximum absolute atomic E-state index is 12.3. The number of hydrogen-bond donors (Lipinski definition) is 1. The number of anilines is 1. The van der Waals surface area contributed by atoms with Crippen molar-refractivity contribution in [3.8, 4) is 6.07 Å². The van der Waals surface area contributed by atoms with Gasteiger partial charge < -0.3 is 10.2 Å². The summed E-state index contributed by atoms with van der Waals surface area (Å²) in [6.45, 7) is 1.92. The third-order valence-corrected chi connectivity index (χ3v) is 5.18. The summed E-state index contributed by atoms with van der Waals surface area (Å²) in [5, 5.41) is 12.1. The highest BCUT2D eigenvalue weighted by Crippen LogP contribution is 2.25. The maximum atomic E-state index is 12.3. The first-order valence-corrected chi connectivity index (χ1v) is 8.82. The fraction of sp³-hybridized carbons (Fsp3) is 0.579. The highest BCUT2D eigenvalue weighted by atomic mass is 16.1. The first kappa shape index (κ1) is 15.9. The summed E-state index contributed by atoms with van der Waals surface area (Å²) in [7, 11) is 0. The maximum Gasteiger partial charge on any atom is 0.223 e. The van der Waals surface area contributed by atoms with Gasteiger partial charge in [-0.05, 0) is 49.9 Å². The lowest BCUT2D eigenvalue weighted by Gasteiger charge is -2.35. The van der Waals surface area contributed by atoms with Gasteiger partial charge in [0.05, 0.1) is 11.6 Å². The van der Waals surface area contributed by atoms with E-state index in [-0.39, 0.29) is 11.8 Å². The molecule has 0 bridgehead atoms. The molecule has 4 heteroatoms. The largest absolute Gasteiger partial charge is 0.371 e. The Bertz CT molecular complexity index is 561. The van der Waals surface area contributed by atoms with Crippen molar-refractivity contribution in [3.05, 3.63) is 29.8 Å². The van der Waals surface area contributed by atoms with Crippen LogP contribution in [0, 0.1) is 17.2 Å². The van der Waals surface area contributed by atoms with Crippen molar-refractivity contribution in [3.63, 3.8) is 0 Å². The van der Waals surface area contributed by atoms with Crippen molar-refractivity contribution in [2.24, 2.45) is 5.92 Å². The van der Waals surface area contributed by atoms with Crippen LogP contribution in [0.5, 0.6) is 0 Å². The van der Waals surface area contributed by atoms with E-state index in [1.807, 2.05) is 24.3 Å². The molecule has 1 aliphatic heterocycles. The smallest absolute Gasteiger partial charge is 0.223 e. The molecule has 1 N–H and O–H groups in total. The van der Waals surface area contributed by atoms with E-state index in [2.05, 4.69) is 16.3 Å². The molecule has 1 aliphatic carbocycles. The lowest BCUT2D eigenvalue weighted by Crippen LogP contribution is -2.46. The van der Waals surface area contributed by atoms with Gasteiger partial charge in [-0.2, -0.15) is 5.26 Å². The zero-order valence-corrected chi connectivity index (χ0v) is 13.6. The number of piperidine rings is 1. The Labute approximate surface area is 138 Å². The highest BCUT2D eigenvalue weighted by Gasteiger charge is 2.25. The summed E-state index contributed by atoms with van der Waals surface area (Å²) in [6, 6.07) is 10.2. The number of amides is 1. The molecule has 2 fully saturated rings. The van der Waals surface area contributed by atoms with Crippen LogP contribution < -0.4 is 10.2 Å². The lowest BCUT2D eigenvalue weighted by molar-refractivity contribution is -0.126. The van der Waals surface area contributed by atoms with Crippen molar-refractivity contribution < 1.29 is 4.79 Å². The second-order valence-corrected chi connectivity index (χ2v) is 6.76. The van der Waals surface area contributed by atoms with Gasteiger partial charge in [-0.25, -0.2) is 0 Å². The van der Waals surface area contributed by atoms with Gasteiger partial charge in [0.25, 0.3) is 0 Å². The molecule has 1 aromatic rings. The molecule has 1 heterocycles. The van der Waals surface area contributed by atoms with Gasteiger partial charge in [0.2, 0.25) is 5.91 Å². The Balaban J connectivity index is 1.48. The third kappa shape index (κ3) is 4.04. The quantitative estimate of drug-likeness (QED) is 0.932. The SMILES string of the molecule is N#Cc1ccc(N2CCC(NC(=O)C3CCCCC3)CC2)cc1. The minimum absolute atomic E-state index is 0.250. The summed E-state index contributed by atoms with van der Waals surface area (Å²) in [5.41, 5.74) is 1.87. The first-order chi connectivity index (χ1) is 11.3. The van der Waals surface area contributed by atoms with Gasteiger partial charge in [0.15, 0.2) is 0 Å². The van der Waals surface area contributed by atoms with Crippen molar-refractivity contribution in [1.82, 2.24) is 5.32 Å². The van der Waals surface area contributed by atoms with E-state index in [0.29, 0.717) is 11.6 Å². The number of nitrogens with zero attached hydrogens (tertiary/aromatic N) is 2. The Morgan fingerprint density at radius 2 is 1.70 bits per heavy atom. The minimum atomic E-state index is 0.250. The topological polar surface area (TPSA) is 56.1 Å². The fourth-order valence-corrected chi connectivity index (χ4v) is 3.71. The second kappa shape index (κ2) is 7.50. The van der Waals surface area contributed by atoms with Crippen LogP contribution in [-0.4, -0.2) is 25.0 Å². The molecule has 0 atom stereocenters. The first-order valence-electron chi connectivity index (χ1n) is 8.82. The van der Waals surface area contributed by atoms with E-state index < -0.39 is 0 Å². The van der Waals surface area contributed by atoms with Crippen LogP contribution in [0.3, 0.4) is 0 Å². The number of nitrogens with one attached hydrogen (secondary N) is 1. The summed E-state index contributed by atoms with van der Waals surface area (Å²) < 4.78 is 0. The number of carbonyl (C=O) groups excluding carboxylic acids is 1. The summed E-state index contributed by atoms with van der Waals surface area (Å²) in [4.78, 5) is 14.7. The van der Waals surface area contributed by atoms with Gasteiger partial charge in [-0.1, -0.05) is 19.3 Å². The number of hydrogen-bond acceptors (Lipinski definition) is 3. The number of rotatable bonds is 3. The zero-order chi connectivity index (χ0) is 16.1. The molecule has 2 aliphatic rings. The van der Waals surface area contributed by atoms with Crippen LogP contribution in [-0.2, 0) is 4.79 Å². The normalized spacial score (nSPS) is 20.0. The van der Waals surface area contributed by atoms with Crippen molar-refractivity contribution >= 4 is 11.6 Å². The average Bonchev–Trinajstić information content (AvgIpc) is 2.63. The van der Waals surface area contributed by atoms with E-state index >= 15 is 0 Å². The van der Waals surface area contributed by atoms with E-state index in [1.165, 1.54) is 24.9 Å². The van der Waals surface area contributed by atoms with E-state index in [9.17, 15) is 4.79 Å². The molecule has 4 nitrogen and oxygen atoms in total. The Kier molecular flexibility index (Phi) is 5.17. The molecule has 0 unspecified atom stereocenters. The molecule has 3 rings (SSSR count). The zero-order valence-electron chi connectivity index (χ0n) is 13.6. The molecule has 122 valence electrons. The second-order valence-electron chi connectivity index (χ2n) is 6.76. The molecule has 0 spiro atoms. The van der Waals surface area contributed by atoms with Crippen LogP contribution in [0.1, 0.15) is 50.5 Å². The van der Waals surface area contributed by atoms with Crippen molar-refractivity contribution in [1.29, 1.82) is 5.26 Å². The molecule has 1 saturated carbocycles. The lowest BCUT2D eigenvalue weighted by atomic mass is 9.88. The molecular weight excluding hydrogens is 286 g/mol. The standard InChI is InChI=1S/C19H25N3O/c20-14-15-6-8-18(9-7-15)22-12-10-17(11-13-22)21-19(23)16-4-2-1-3-5-16/h6-9,16-17H,1-5,10-13H2,(H,21,23). The van der Waals surface area contributed by atoms with E-state index in [4.69, 9.17) is 5.26 Å². The molecule has 0 radical (unpaired) electrons. The van der Waals surface area contributed by atoms with Crippen LogP contribution >= 0.6 is 0 Å². The van der Waals surface area contributed by atoms with Gasteiger partial charge in [0.1, 0.15) is 0 Å². The predicted molar refractivity (Wildman–Crippen MR) is 91.1 cm³/mol. The van der Waals surface area contributed by atoms with E-state index in [0.717, 1.165) is 38.8 Å². The molecule has 1 saturated heterocycles. The minimum Gasteiger partial charge on any atom is -0.371 e. The Morgan fingerprint density at radius 1 is 1.04 bits per heavy atom. The summed E-state index contributed by atoms with van der Waals surface area (Å²) in [6.07, 6.45) is 7.82. The molecular formula is C19H25N3O. The molecule has 23 heavy (non-hydrogen) atoms. The number of carbonyl (C=O) groups is 1. The summed E-state index contributed by atoms with van der Waals surface area (Å²) in [5.74, 6) is 0.529. The Morgan fingerprint density at radius 3 is 2.30 bits per heavy atom. The average molecular weight is 311 g/mol. The fourth-order valence-electron chi connectivity index (χ4n) is 3.71. The van der Waals surface area contributed by atoms with Crippen molar-refractivity contribution in [2.45, 2.75) is 51.0 Å².